The molecule has 0 spiro atoms. The van der Waals surface area contributed by atoms with Crippen LogP contribution in [0.15, 0.2) is 11.0 Å². The van der Waals surface area contributed by atoms with Crippen LogP contribution in [0.3, 0.4) is 0 Å². The maximum atomic E-state index is 13.5. The van der Waals surface area contributed by atoms with Gasteiger partial charge in [-0.2, -0.15) is 13.2 Å². The zero-order valence-electron chi connectivity index (χ0n) is 12.1. The van der Waals surface area contributed by atoms with Crippen molar-refractivity contribution < 1.29 is 18.3 Å². The van der Waals surface area contributed by atoms with E-state index < -0.39 is 29.0 Å². The van der Waals surface area contributed by atoms with E-state index in [0.717, 1.165) is 6.42 Å². The molecule has 0 bridgehead atoms. The van der Waals surface area contributed by atoms with Gasteiger partial charge in [-0.05, 0) is 32.9 Å². The Labute approximate surface area is 120 Å². The number of aromatic hydroxyl groups is 1. The molecule has 1 aromatic rings. The molecule has 2 heterocycles. The van der Waals surface area contributed by atoms with Crippen LogP contribution in [0.5, 0.6) is 5.75 Å². The van der Waals surface area contributed by atoms with Gasteiger partial charge in [-0.3, -0.25) is 9.69 Å². The normalized spacial score (nSPS) is 18.7. The fourth-order valence-electron chi connectivity index (χ4n) is 2.78. The number of nitrogens with zero attached hydrogens (tertiary/aromatic N) is 2. The summed E-state index contributed by atoms with van der Waals surface area (Å²) in [7, 11) is 1.52. The largest absolute Gasteiger partial charge is 0.503 e. The van der Waals surface area contributed by atoms with Gasteiger partial charge >= 0.3 is 6.18 Å². The van der Waals surface area contributed by atoms with Gasteiger partial charge in [0.2, 0.25) is 5.43 Å². The topological polar surface area (TPSA) is 45.5 Å². The van der Waals surface area contributed by atoms with E-state index in [1.54, 1.807) is 0 Å². The molecule has 1 unspecified atom stereocenters. The summed E-state index contributed by atoms with van der Waals surface area (Å²) in [4.78, 5) is 13.4. The van der Waals surface area contributed by atoms with E-state index in [1.165, 1.54) is 29.6 Å². The van der Waals surface area contributed by atoms with Gasteiger partial charge in [-0.1, -0.05) is 6.42 Å². The second-order valence-electron chi connectivity index (χ2n) is 5.50. The third-order valence-electron chi connectivity index (χ3n) is 4.04. The molecule has 1 aliphatic heterocycles. The van der Waals surface area contributed by atoms with Gasteiger partial charge in [-0.25, -0.2) is 0 Å². The van der Waals surface area contributed by atoms with Crippen LogP contribution >= 0.6 is 0 Å². The highest BCUT2D eigenvalue weighted by molar-refractivity contribution is 5.33. The molecule has 1 saturated heterocycles. The molecular weight excluding hydrogens is 285 g/mol. The molecule has 2 rings (SSSR count). The van der Waals surface area contributed by atoms with Crippen LogP contribution in [0.25, 0.3) is 0 Å². The summed E-state index contributed by atoms with van der Waals surface area (Å²) < 4.78 is 41.7. The van der Waals surface area contributed by atoms with Crippen LogP contribution in [0.4, 0.5) is 13.2 Å². The van der Waals surface area contributed by atoms with Crippen molar-refractivity contribution in [3.63, 3.8) is 0 Å². The zero-order chi connectivity index (χ0) is 15.8. The summed E-state index contributed by atoms with van der Waals surface area (Å²) >= 11 is 0. The van der Waals surface area contributed by atoms with E-state index in [9.17, 15) is 23.1 Å². The minimum absolute atomic E-state index is 0.253. The van der Waals surface area contributed by atoms with E-state index in [2.05, 4.69) is 0 Å². The van der Waals surface area contributed by atoms with E-state index >= 15 is 0 Å². The Kier molecular flexibility index (Phi) is 4.32. The summed E-state index contributed by atoms with van der Waals surface area (Å²) in [5.74, 6) is -0.610. The third-order valence-corrected chi connectivity index (χ3v) is 4.04. The highest BCUT2D eigenvalue weighted by Gasteiger charge is 2.46. The van der Waals surface area contributed by atoms with Gasteiger partial charge in [0.15, 0.2) is 5.75 Å². The predicted octanol–water partition coefficient (Wildman–Crippen LogP) is 2.49. The number of piperidine rings is 1. The Morgan fingerprint density at radius 1 is 1.24 bits per heavy atom. The highest BCUT2D eigenvalue weighted by atomic mass is 19.4. The molecule has 0 aliphatic carbocycles. The van der Waals surface area contributed by atoms with Crippen LogP contribution in [-0.4, -0.2) is 33.8 Å². The molecule has 0 amide bonds. The maximum absolute atomic E-state index is 13.5. The molecule has 0 radical (unpaired) electrons. The van der Waals surface area contributed by atoms with Crippen molar-refractivity contribution in [2.45, 2.75) is 38.4 Å². The maximum Gasteiger partial charge on any atom is 0.408 e. The predicted molar refractivity (Wildman–Crippen MR) is 72.3 cm³/mol. The van der Waals surface area contributed by atoms with Crippen molar-refractivity contribution in [3.8, 4) is 5.75 Å². The molecular formula is C14H19F3N2O2. The first-order chi connectivity index (χ1) is 9.73. The van der Waals surface area contributed by atoms with Crippen molar-refractivity contribution >= 4 is 0 Å². The Balaban J connectivity index is 2.54. The summed E-state index contributed by atoms with van der Waals surface area (Å²) in [5, 5.41) is 9.76. The SMILES string of the molecule is Cc1c(O)c(=O)c(C(N2CCCCC2)C(F)(F)F)cn1C. The minimum atomic E-state index is -4.55. The summed E-state index contributed by atoms with van der Waals surface area (Å²) in [6.45, 7) is 2.11. The fraction of sp³-hybridized carbons (Fsp3) is 0.643. The van der Waals surface area contributed by atoms with E-state index in [4.69, 9.17) is 0 Å². The van der Waals surface area contributed by atoms with Gasteiger partial charge in [-0.15, -0.1) is 0 Å². The van der Waals surface area contributed by atoms with Gasteiger partial charge in [0.1, 0.15) is 6.04 Å². The van der Waals surface area contributed by atoms with Gasteiger partial charge in [0.05, 0.1) is 5.69 Å². The number of pyridine rings is 1. The molecule has 7 heteroatoms. The van der Waals surface area contributed by atoms with Crippen LogP contribution in [0.2, 0.25) is 0 Å². The second kappa shape index (κ2) is 5.71. The summed E-state index contributed by atoms with van der Waals surface area (Å²) in [6.07, 6.45) is -1.09. The highest BCUT2D eigenvalue weighted by Crippen LogP contribution is 2.38. The molecule has 118 valence electrons. The summed E-state index contributed by atoms with van der Waals surface area (Å²) in [6, 6.07) is -1.96. The first-order valence-electron chi connectivity index (χ1n) is 6.93. The average Bonchev–Trinajstić information content (AvgIpc) is 2.42. The number of aryl methyl sites for hydroxylation is 1. The molecule has 1 atom stereocenters. The lowest BCUT2D eigenvalue weighted by Gasteiger charge is -2.35. The van der Waals surface area contributed by atoms with Crippen LogP contribution in [0, 0.1) is 6.92 Å². The van der Waals surface area contributed by atoms with Crippen molar-refractivity contribution in [3.05, 3.63) is 27.7 Å². The first-order valence-corrected chi connectivity index (χ1v) is 6.93. The molecule has 1 fully saturated rings. The Morgan fingerprint density at radius 3 is 2.33 bits per heavy atom. The average molecular weight is 304 g/mol. The lowest BCUT2D eigenvalue weighted by Crippen LogP contribution is -2.43. The van der Waals surface area contributed by atoms with Crippen molar-refractivity contribution in [2.75, 3.05) is 13.1 Å². The quantitative estimate of drug-likeness (QED) is 0.913. The van der Waals surface area contributed by atoms with Crippen molar-refractivity contribution in [1.82, 2.24) is 9.47 Å². The third kappa shape index (κ3) is 3.07. The monoisotopic (exact) mass is 304 g/mol. The number of aromatic nitrogens is 1. The molecule has 0 saturated carbocycles. The van der Waals surface area contributed by atoms with E-state index in [-0.39, 0.29) is 5.69 Å². The van der Waals surface area contributed by atoms with Crippen LogP contribution in [0.1, 0.15) is 36.6 Å². The molecule has 0 aromatic carbocycles. The van der Waals surface area contributed by atoms with Gasteiger partial charge < -0.3 is 9.67 Å². The van der Waals surface area contributed by atoms with E-state index in [1.807, 2.05) is 0 Å². The van der Waals surface area contributed by atoms with Crippen molar-refractivity contribution in [2.24, 2.45) is 7.05 Å². The summed E-state index contributed by atoms with van der Waals surface area (Å²) in [5.41, 5.74) is -1.09. The molecule has 4 nitrogen and oxygen atoms in total. The number of rotatable bonds is 2. The van der Waals surface area contributed by atoms with Crippen LogP contribution < -0.4 is 5.43 Å². The molecule has 21 heavy (non-hydrogen) atoms. The smallest absolute Gasteiger partial charge is 0.408 e. The zero-order valence-corrected chi connectivity index (χ0v) is 12.1. The lowest BCUT2D eigenvalue weighted by atomic mass is 10.0. The lowest BCUT2D eigenvalue weighted by molar-refractivity contribution is -0.189. The molecule has 1 aliphatic rings. The number of likely N-dealkylation sites (tertiary alicyclic amines) is 1. The van der Waals surface area contributed by atoms with Crippen LogP contribution in [-0.2, 0) is 7.05 Å². The standard InChI is InChI=1S/C14H19F3N2O2/c1-9-11(20)12(21)10(8-18(9)2)13(14(15,16)17)19-6-4-3-5-7-19/h8,13,20H,3-7H2,1-2H3. The Morgan fingerprint density at radius 2 is 1.81 bits per heavy atom. The number of alkyl halides is 3. The van der Waals surface area contributed by atoms with Crippen molar-refractivity contribution in [1.29, 1.82) is 0 Å². The van der Waals surface area contributed by atoms with Gasteiger partial charge in [0.25, 0.3) is 0 Å². The molecule has 1 N–H and O–H groups in total. The number of halogens is 3. The second-order valence-corrected chi connectivity index (χ2v) is 5.50. The minimum Gasteiger partial charge on any atom is -0.503 e. The first kappa shape index (κ1) is 15.9. The Hall–Kier alpha value is -1.50. The number of hydrogen-bond acceptors (Lipinski definition) is 3. The van der Waals surface area contributed by atoms with Gasteiger partial charge in [0, 0.05) is 18.8 Å². The fourth-order valence-corrected chi connectivity index (χ4v) is 2.78. The Bertz CT molecular complexity index is 575. The molecule has 1 aromatic heterocycles. The number of hydrogen-bond donors (Lipinski definition) is 1. The van der Waals surface area contributed by atoms with E-state index in [0.29, 0.717) is 25.9 Å².